The molecule has 1 aromatic carbocycles. The number of nitrogens with one attached hydrogen (secondary N) is 2. The molecule has 4 rings (SSSR count). The van der Waals surface area contributed by atoms with Crippen LogP contribution in [0, 0.1) is 5.92 Å². The molecule has 7 nitrogen and oxygen atoms in total. The second kappa shape index (κ2) is 9.26. The molecule has 1 amide bonds. The number of carbonyl (C=O) groups is 1. The molecule has 0 saturated carbocycles. The number of likely N-dealkylation sites (tertiary alicyclic amines) is 1. The molecule has 1 aliphatic rings. The van der Waals surface area contributed by atoms with E-state index in [1.54, 1.807) is 6.20 Å². The molecule has 2 aromatic heterocycles. The van der Waals surface area contributed by atoms with Crippen molar-refractivity contribution in [3.8, 4) is 11.3 Å². The van der Waals surface area contributed by atoms with E-state index in [1.165, 1.54) is 11.1 Å². The Bertz CT molecular complexity index is 953. The second-order valence-electron chi connectivity index (χ2n) is 8.45. The highest BCUT2D eigenvalue weighted by Crippen LogP contribution is 2.28. The van der Waals surface area contributed by atoms with E-state index in [1.807, 2.05) is 35.1 Å². The summed E-state index contributed by atoms with van der Waals surface area (Å²) < 4.78 is 1.99. The molecule has 3 aromatic rings. The van der Waals surface area contributed by atoms with Crippen LogP contribution in [0.1, 0.15) is 44.7 Å². The first-order valence-corrected chi connectivity index (χ1v) is 10.7. The number of piperidine rings is 1. The Morgan fingerprint density at radius 3 is 2.70 bits per heavy atom. The van der Waals surface area contributed by atoms with E-state index >= 15 is 0 Å². The van der Waals surface area contributed by atoms with E-state index in [4.69, 9.17) is 0 Å². The zero-order valence-electron chi connectivity index (χ0n) is 17.7. The van der Waals surface area contributed by atoms with Crippen molar-refractivity contribution in [3.05, 3.63) is 54.4 Å². The minimum atomic E-state index is 0.0533. The molecule has 0 bridgehead atoms. The number of benzene rings is 1. The Labute approximate surface area is 177 Å². The van der Waals surface area contributed by atoms with Crippen LogP contribution in [0.2, 0.25) is 0 Å². The van der Waals surface area contributed by atoms with E-state index in [2.05, 4.69) is 51.5 Å². The van der Waals surface area contributed by atoms with Crippen molar-refractivity contribution in [1.82, 2.24) is 24.9 Å². The molecule has 30 heavy (non-hydrogen) atoms. The van der Waals surface area contributed by atoms with Gasteiger partial charge in [0.1, 0.15) is 5.82 Å². The van der Waals surface area contributed by atoms with Crippen LogP contribution in [0.25, 0.3) is 11.3 Å². The summed E-state index contributed by atoms with van der Waals surface area (Å²) in [5.41, 5.74) is 3.48. The van der Waals surface area contributed by atoms with Crippen molar-refractivity contribution in [3.63, 3.8) is 0 Å². The fraction of sp³-hybridized carbons (Fsp3) is 0.435. The average Bonchev–Trinajstić information content (AvgIpc) is 3.38. The molecular formula is C23H30N6O. The van der Waals surface area contributed by atoms with Crippen molar-refractivity contribution in [1.29, 1.82) is 0 Å². The Morgan fingerprint density at radius 1 is 1.20 bits per heavy atom. The molecule has 0 spiro atoms. The SMILES string of the molecule is CC(C)CC(=O)Nc1ccnn1C1CCN(Cc2cn[nH]c2-c2ccccc2)CC1. The van der Waals surface area contributed by atoms with Gasteiger partial charge in [-0.1, -0.05) is 44.2 Å². The lowest BCUT2D eigenvalue weighted by Gasteiger charge is -2.32. The quantitative estimate of drug-likeness (QED) is 0.619. The van der Waals surface area contributed by atoms with E-state index < -0.39 is 0 Å². The number of carbonyl (C=O) groups excluding carboxylic acids is 1. The number of aromatic amines is 1. The van der Waals surface area contributed by atoms with Crippen molar-refractivity contribution in [2.75, 3.05) is 18.4 Å². The Hall–Kier alpha value is -2.93. The molecule has 1 fully saturated rings. The van der Waals surface area contributed by atoms with Crippen LogP contribution < -0.4 is 5.32 Å². The summed E-state index contributed by atoms with van der Waals surface area (Å²) in [4.78, 5) is 14.6. The minimum Gasteiger partial charge on any atom is -0.311 e. The highest BCUT2D eigenvalue weighted by molar-refractivity contribution is 5.89. The molecule has 1 saturated heterocycles. The average molecular weight is 407 g/mol. The molecule has 0 radical (unpaired) electrons. The maximum atomic E-state index is 12.2. The van der Waals surface area contributed by atoms with Crippen LogP contribution in [-0.2, 0) is 11.3 Å². The van der Waals surface area contributed by atoms with Crippen LogP contribution in [-0.4, -0.2) is 43.9 Å². The van der Waals surface area contributed by atoms with Gasteiger partial charge in [0.25, 0.3) is 0 Å². The lowest BCUT2D eigenvalue weighted by atomic mass is 10.0. The number of hydrogen-bond donors (Lipinski definition) is 2. The van der Waals surface area contributed by atoms with Crippen molar-refractivity contribution < 1.29 is 4.79 Å². The first kappa shape index (κ1) is 20.3. The first-order valence-electron chi connectivity index (χ1n) is 10.7. The lowest BCUT2D eigenvalue weighted by molar-refractivity contribution is -0.116. The lowest BCUT2D eigenvalue weighted by Crippen LogP contribution is -2.35. The molecule has 0 aliphatic carbocycles. The first-order chi connectivity index (χ1) is 14.6. The largest absolute Gasteiger partial charge is 0.311 e. The third-order valence-electron chi connectivity index (χ3n) is 5.61. The Balaban J connectivity index is 1.35. The normalized spacial score (nSPS) is 15.6. The van der Waals surface area contributed by atoms with Crippen LogP contribution in [0.3, 0.4) is 0 Å². The standard InChI is InChI=1S/C23H30N6O/c1-17(2)14-22(30)26-21-8-11-25-29(21)20-9-12-28(13-10-20)16-19-15-24-27-23(19)18-6-4-3-5-7-18/h3-8,11,15,17,20H,9-10,12-14,16H2,1-2H3,(H,24,27)(H,26,30). The van der Waals surface area contributed by atoms with E-state index in [-0.39, 0.29) is 5.91 Å². The van der Waals surface area contributed by atoms with Crippen LogP contribution in [0.15, 0.2) is 48.8 Å². The zero-order chi connectivity index (χ0) is 20.9. The highest BCUT2D eigenvalue weighted by Gasteiger charge is 2.24. The fourth-order valence-corrected chi connectivity index (χ4v) is 4.12. The molecule has 2 N–H and O–H groups in total. The number of rotatable bonds is 7. The van der Waals surface area contributed by atoms with Gasteiger partial charge < -0.3 is 5.32 Å². The topological polar surface area (TPSA) is 78.8 Å². The third kappa shape index (κ3) is 4.79. The molecule has 0 atom stereocenters. The molecule has 7 heteroatoms. The van der Waals surface area contributed by atoms with Gasteiger partial charge in [0.15, 0.2) is 0 Å². The number of H-pyrrole nitrogens is 1. The number of aromatic nitrogens is 4. The number of anilines is 1. The predicted molar refractivity (Wildman–Crippen MR) is 118 cm³/mol. The van der Waals surface area contributed by atoms with Gasteiger partial charge in [-0.2, -0.15) is 10.2 Å². The van der Waals surface area contributed by atoms with Crippen molar-refractivity contribution in [2.45, 2.75) is 45.7 Å². The fourth-order valence-electron chi connectivity index (χ4n) is 4.12. The second-order valence-corrected chi connectivity index (χ2v) is 8.45. The molecule has 3 heterocycles. The number of hydrogen-bond acceptors (Lipinski definition) is 4. The molecule has 1 aliphatic heterocycles. The van der Waals surface area contributed by atoms with Crippen molar-refractivity contribution in [2.24, 2.45) is 5.92 Å². The molecular weight excluding hydrogens is 376 g/mol. The summed E-state index contributed by atoms with van der Waals surface area (Å²) in [5, 5.41) is 14.9. The van der Waals surface area contributed by atoms with Gasteiger partial charge in [0.2, 0.25) is 5.91 Å². The predicted octanol–water partition coefficient (Wildman–Crippen LogP) is 4.09. The van der Waals surface area contributed by atoms with Gasteiger partial charge in [0.05, 0.1) is 24.1 Å². The monoisotopic (exact) mass is 406 g/mol. The van der Waals surface area contributed by atoms with E-state index in [9.17, 15) is 4.79 Å². The summed E-state index contributed by atoms with van der Waals surface area (Å²) in [5.74, 6) is 1.20. The van der Waals surface area contributed by atoms with Gasteiger partial charge in [-0.05, 0) is 24.3 Å². The Kier molecular flexibility index (Phi) is 6.28. The number of nitrogens with zero attached hydrogens (tertiary/aromatic N) is 4. The van der Waals surface area contributed by atoms with Crippen molar-refractivity contribution >= 4 is 11.7 Å². The van der Waals surface area contributed by atoms with Gasteiger partial charge in [-0.15, -0.1) is 0 Å². The molecule has 158 valence electrons. The van der Waals surface area contributed by atoms with Crippen LogP contribution >= 0.6 is 0 Å². The number of amides is 1. The molecule has 0 unspecified atom stereocenters. The van der Waals surface area contributed by atoms with Gasteiger partial charge >= 0.3 is 0 Å². The summed E-state index contributed by atoms with van der Waals surface area (Å²) in [6, 6.07) is 12.5. The van der Waals surface area contributed by atoms with Crippen LogP contribution in [0.4, 0.5) is 5.82 Å². The smallest absolute Gasteiger partial charge is 0.225 e. The summed E-state index contributed by atoms with van der Waals surface area (Å²) in [6.45, 7) is 6.96. The highest BCUT2D eigenvalue weighted by atomic mass is 16.1. The van der Waals surface area contributed by atoms with Gasteiger partial charge in [0, 0.05) is 37.7 Å². The summed E-state index contributed by atoms with van der Waals surface area (Å²) in [7, 11) is 0. The Morgan fingerprint density at radius 2 is 1.97 bits per heavy atom. The van der Waals surface area contributed by atoms with Gasteiger partial charge in [-0.3, -0.25) is 14.8 Å². The van der Waals surface area contributed by atoms with E-state index in [0.717, 1.165) is 44.0 Å². The van der Waals surface area contributed by atoms with Gasteiger partial charge in [-0.25, -0.2) is 4.68 Å². The third-order valence-corrected chi connectivity index (χ3v) is 5.61. The maximum absolute atomic E-state index is 12.2. The zero-order valence-corrected chi connectivity index (χ0v) is 17.7. The summed E-state index contributed by atoms with van der Waals surface area (Å²) >= 11 is 0. The minimum absolute atomic E-state index is 0.0533. The maximum Gasteiger partial charge on any atom is 0.225 e. The summed E-state index contributed by atoms with van der Waals surface area (Å²) in [6.07, 6.45) is 6.25. The van der Waals surface area contributed by atoms with E-state index in [0.29, 0.717) is 18.4 Å². The van der Waals surface area contributed by atoms with Crippen LogP contribution in [0.5, 0.6) is 0 Å².